The van der Waals surface area contributed by atoms with Gasteiger partial charge >= 0.3 is 6.03 Å². The summed E-state index contributed by atoms with van der Waals surface area (Å²) in [6.45, 7) is 1.52. The van der Waals surface area contributed by atoms with Crippen molar-refractivity contribution < 1.29 is 14.4 Å². The first-order valence-corrected chi connectivity index (χ1v) is 5.83. The molecule has 2 N–H and O–H groups in total. The molecule has 1 atom stereocenters. The van der Waals surface area contributed by atoms with Crippen molar-refractivity contribution in [3.8, 4) is 12.3 Å². The molecule has 2 aliphatic rings. The van der Waals surface area contributed by atoms with E-state index < -0.39 is 17.5 Å². The number of urea groups is 1. The molecule has 0 bridgehead atoms. The molecule has 1 heterocycles. The van der Waals surface area contributed by atoms with Gasteiger partial charge in [0, 0.05) is 0 Å². The molecule has 6 heteroatoms. The quantitative estimate of drug-likeness (QED) is 0.518. The fraction of sp³-hybridized carbons (Fsp3) is 0.583. The molecule has 0 aromatic rings. The first-order chi connectivity index (χ1) is 8.49. The van der Waals surface area contributed by atoms with Crippen LogP contribution in [0.2, 0.25) is 0 Å². The van der Waals surface area contributed by atoms with Gasteiger partial charge in [0.25, 0.3) is 5.91 Å². The highest BCUT2D eigenvalue weighted by molar-refractivity contribution is 6.09. The van der Waals surface area contributed by atoms with Crippen LogP contribution in [-0.2, 0) is 9.59 Å². The van der Waals surface area contributed by atoms with Gasteiger partial charge in [0.05, 0.1) is 6.54 Å². The zero-order valence-electron chi connectivity index (χ0n) is 10.2. The average molecular weight is 249 g/mol. The zero-order chi connectivity index (χ0) is 13.3. The van der Waals surface area contributed by atoms with Crippen molar-refractivity contribution in [1.29, 1.82) is 0 Å². The Hall–Kier alpha value is -2.03. The minimum Gasteiger partial charge on any atom is -0.344 e. The molecule has 0 radical (unpaired) electrons. The van der Waals surface area contributed by atoms with Crippen LogP contribution in [0.15, 0.2) is 0 Å². The van der Waals surface area contributed by atoms with E-state index in [4.69, 9.17) is 6.42 Å². The van der Waals surface area contributed by atoms with E-state index in [-0.39, 0.29) is 24.9 Å². The molecule has 2 rings (SSSR count). The summed E-state index contributed by atoms with van der Waals surface area (Å²) >= 11 is 0. The fourth-order valence-electron chi connectivity index (χ4n) is 2.15. The van der Waals surface area contributed by atoms with Crippen LogP contribution in [0.25, 0.3) is 0 Å². The SMILES string of the molecule is C#CCNC(=O)CN1C(=O)NC(C)(C2CC2)C1=O. The summed E-state index contributed by atoms with van der Waals surface area (Å²) in [6, 6.07) is -0.509. The molecule has 1 saturated carbocycles. The zero-order valence-corrected chi connectivity index (χ0v) is 10.2. The van der Waals surface area contributed by atoms with Gasteiger partial charge in [-0.15, -0.1) is 6.42 Å². The largest absolute Gasteiger partial charge is 0.344 e. The summed E-state index contributed by atoms with van der Waals surface area (Å²) in [5, 5.41) is 5.09. The smallest absolute Gasteiger partial charge is 0.325 e. The molecule has 0 spiro atoms. The van der Waals surface area contributed by atoms with Crippen molar-refractivity contribution in [2.45, 2.75) is 25.3 Å². The van der Waals surface area contributed by atoms with E-state index in [9.17, 15) is 14.4 Å². The van der Waals surface area contributed by atoms with Gasteiger partial charge < -0.3 is 10.6 Å². The summed E-state index contributed by atoms with van der Waals surface area (Å²) in [6.07, 6.45) is 6.87. The van der Waals surface area contributed by atoms with Crippen molar-refractivity contribution in [3.05, 3.63) is 0 Å². The maximum Gasteiger partial charge on any atom is 0.325 e. The predicted molar refractivity (Wildman–Crippen MR) is 63.2 cm³/mol. The molecule has 0 aromatic carbocycles. The highest BCUT2D eigenvalue weighted by Gasteiger charge is 2.56. The van der Waals surface area contributed by atoms with Gasteiger partial charge in [-0.1, -0.05) is 5.92 Å². The highest BCUT2D eigenvalue weighted by atomic mass is 16.2. The number of rotatable bonds is 4. The Morgan fingerprint density at radius 2 is 2.28 bits per heavy atom. The van der Waals surface area contributed by atoms with Crippen LogP contribution in [0.3, 0.4) is 0 Å². The molecule has 1 aliphatic heterocycles. The van der Waals surface area contributed by atoms with Gasteiger partial charge in [0.2, 0.25) is 5.91 Å². The normalized spacial score (nSPS) is 26.8. The third-order valence-electron chi connectivity index (χ3n) is 3.38. The van der Waals surface area contributed by atoms with Gasteiger partial charge in [-0.2, -0.15) is 0 Å². The van der Waals surface area contributed by atoms with Crippen molar-refractivity contribution >= 4 is 17.8 Å². The molecule has 1 aliphatic carbocycles. The monoisotopic (exact) mass is 249 g/mol. The van der Waals surface area contributed by atoms with E-state index >= 15 is 0 Å². The molecular weight excluding hydrogens is 234 g/mol. The molecule has 96 valence electrons. The summed E-state index contributed by atoms with van der Waals surface area (Å²) in [4.78, 5) is 36.3. The maximum absolute atomic E-state index is 12.2. The molecule has 6 nitrogen and oxygen atoms in total. The predicted octanol–water partition coefficient (Wildman–Crippen LogP) is -0.544. The van der Waals surface area contributed by atoms with E-state index in [0.717, 1.165) is 17.7 Å². The highest BCUT2D eigenvalue weighted by Crippen LogP contribution is 2.42. The van der Waals surface area contributed by atoms with Crippen LogP contribution >= 0.6 is 0 Å². The topological polar surface area (TPSA) is 78.5 Å². The third-order valence-corrected chi connectivity index (χ3v) is 3.38. The maximum atomic E-state index is 12.2. The number of carbonyl (C=O) groups is 3. The number of nitrogens with one attached hydrogen (secondary N) is 2. The first-order valence-electron chi connectivity index (χ1n) is 5.83. The fourth-order valence-corrected chi connectivity index (χ4v) is 2.15. The van der Waals surface area contributed by atoms with Gasteiger partial charge in [-0.25, -0.2) is 4.79 Å². The van der Waals surface area contributed by atoms with Crippen LogP contribution < -0.4 is 10.6 Å². The molecule has 18 heavy (non-hydrogen) atoms. The Bertz CT molecular complexity index is 450. The van der Waals surface area contributed by atoms with E-state index in [1.807, 2.05) is 0 Å². The Kier molecular flexibility index (Phi) is 2.99. The van der Waals surface area contributed by atoms with Crippen LogP contribution in [0.1, 0.15) is 19.8 Å². The molecule has 2 fully saturated rings. The van der Waals surface area contributed by atoms with Gasteiger partial charge in [0.15, 0.2) is 0 Å². The second-order valence-corrected chi connectivity index (χ2v) is 4.78. The van der Waals surface area contributed by atoms with Crippen molar-refractivity contribution in [1.82, 2.24) is 15.5 Å². The lowest BCUT2D eigenvalue weighted by molar-refractivity contribution is -0.135. The Morgan fingerprint density at radius 1 is 1.61 bits per heavy atom. The number of carbonyl (C=O) groups excluding carboxylic acids is 3. The molecule has 4 amide bonds. The molecule has 1 saturated heterocycles. The summed E-state index contributed by atoms with van der Waals surface area (Å²) in [5.41, 5.74) is -0.844. The van der Waals surface area contributed by atoms with Crippen LogP contribution in [0.5, 0.6) is 0 Å². The van der Waals surface area contributed by atoms with Gasteiger partial charge in [0.1, 0.15) is 12.1 Å². The van der Waals surface area contributed by atoms with Gasteiger partial charge in [-0.3, -0.25) is 14.5 Å². The summed E-state index contributed by atoms with van der Waals surface area (Å²) in [5.74, 6) is 1.68. The van der Waals surface area contributed by atoms with Crippen molar-refractivity contribution in [3.63, 3.8) is 0 Å². The number of hydrogen-bond donors (Lipinski definition) is 2. The second kappa shape index (κ2) is 4.33. The molecule has 1 unspecified atom stereocenters. The van der Waals surface area contributed by atoms with Crippen LogP contribution in [0, 0.1) is 18.3 Å². The van der Waals surface area contributed by atoms with E-state index in [2.05, 4.69) is 16.6 Å². The lowest BCUT2D eigenvalue weighted by atomic mass is 9.96. The van der Waals surface area contributed by atoms with Crippen LogP contribution in [0.4, 0.5) is 4.79 Å². The number of hydrogen-bond acceptors (Lipinski definition) is 3. The molecule has 0 aromatic heterocycles. The van der Waals surface area contributed by atoms with E-state index in [1.54, 1.807) is 6.92 Å². The average Bonchev–Trinajstić information content (AvgIpc) is 3.13. The summed E-state index contributed by atoms with van der Waals surface area (Å²) < 4.78 is 0. The third kappa shape index (κ3) is 2.04. The lowest BCUT2D eigenvalue weighted by Gasteiger charge is -2.20. The molecular formula is C12H15N3O3. The Labute approximate surface area is 105 Å². The Balaban J connectivity index is 2.01. The minimum atomic E-state index is -0.844. The summed E-state index contributed by atoms with van der Waals surface area (Å²) in [7, 11) is 0. The standard InChI is InChI=1S/C12H15N3O3/c1-3-6-13-9(16)7-15-10(17)12(2,8-4-5-8)14-11(15)18/h1,8H,4-7H2,2H3,(H,13,16)(H,14,18). The number of amides is 4. The number of nitrogens with zero attached hydrogens (tertiary/aromatic N) is 1. The van der Waals surface area contributed by atoms with Gasteiger partial charge in [-0.05, 0) is 25.7 Å². The van der Waals surface area contributed by atoms with E-state index in [0.29, 0.717) is 0 Å². The lowest BCUT2D eigenvalue weighted by Crippen LogP contribution is -2.47. The van der Waals surface area contributed by atoms with Crippen molar-refractivity contribution in [2.24, 2.45) is 5.92 Å². The first kappa shape index (κ1) is 12.4. The second-order valence-electron chi connectivity index (χ2n) is 4.78. The number of terminal acetylenes is 1. The number of imide groups is 1. The minimum absolute atomic E-state index is 0.0857. The van der Waals surface area contributed by atoms with E-state index in [1.165, 1.54) is 0 Å². The van der Waals surface area contributed by atoms with Crippen molar-refractivity contribution in [2.75, 3.05) is 13.1 Å². The van der Waals surface area contributed by atoms with Crippen LogP contribution in [-0.4, -0.2) is 41.4 Å². The Morgan fingerprint density at radius 3 is 2.83 bits per heavy atom.